The second-order valence-electron chi connectivity index (χ2n) is 8.02. The first-order valence-corrected chi connectivity index (χ1v) is 10.7. The number of esters is 1. The zero-order valence-electron chi connectivity index (χ0n) is 17.7. The van der Waals surface area contributed by atoms with Crippen molar-refractivity contribution in [3.63, 3.8) is 0 Å². The molecule has 0 saturated heterocycles. The van der Waals surface area contributed by atoms with Crippen LogP contribution in [-0.4, -0.2) is 24.7 Å². The van der Waals surface area contributed by atoms with Crippen LogP contribution in [0, 0.1) is 11.3 Å². The van der Waals surface area contributed by atoms with Crippen LogP contribution in [0.5, 0.6) is 11.5 Å². The molecule has 0 amide bonds. The summed E-state index contributed by atoms with van der Waals surface area (Å²) in [5, 5.41) is 9.48. The third kappa shape index (κ3) is 3.56. The van der Waals surface area contributed by atoms with Gasteiger partial charge in [-0.3, -0.25) is 9.78 Å². The van der Waals surface area contributed by atoms with Gasteiger partial charge in [0.15, 0.2) is 0 Å². The molecule has 0 bridgehead atoms. The minimum Gasteiger partial charge on any atom is -0.492 e. The summed E-state index contributed by atoms with van der Waals surface area (Å²) < 4.78 is 16.9. The van der Waals surface area contributed by atoms with E-state index in [9.17, 15) is 10.1 Å². The van der Waals surface area contributed by atoms with Gasteiger partial charge in [0, 0.05) is 29.3 Å². The molecule has 2 unspecified atom stereocenters. The molecule has 0 N–H and O–H groups in total. The highest BCUT2D eigenvalue weighted by Crippen LogP contribution is 2.43. The summed E-state index contributed by atoms with van der Waals surface area (Å²) in [6, 6.07) is 17.7. The van der Waals surface area contributed by atoms with Crippen LogP contribution in [0.3, 0.4) is 0 Å². The van der Waals surface area contributed by atoms with E-state index in [0.717, 1.165) is 46.7 Å². The molecule has 0 spiro atoms. The van der Waals surface area contributed by atoms with Crippen LogP contribution in [-0.2, 0) is 16.0 Å². The Morgan fingerprint density at radius 3 is 2.97 bits per heavy atom. The van der Waals surface area contributed by atoms with Gasteiger partial charge in [-0.2, -0.15) is 5.26 Å². The van der Waals surface area contributed by atoms with Crippen molar-refractivity contribution in [1.29, 1.82) is 5.26 Å². The normalized spacial score (nSPS) is 18.2. The second kappa shape index (κ2) is 8.35. The number of nitrogens with zero attached hydrogens (tertiary/aromatic N) is 2. The maximum Gasteiger partial charge on any atom is 0.306 e. The lowest BCUT2D eigenvalue weighted by Crippen LogP contribution is -2.09. The van der Waals surface area contributed by atoms with Crippen LogP contribution in [0.25, 0.3) is 11.3 Å². The van der Waals surface area contributed by atoms with Crippen molar-refractivity contribution in [3.05, 3.63) is 77.0 Å². The second-order valence-corrected chi connectivity index (χ2v) is 8.02. The smallest absolute Gasteiger partial charge is 0.306 e. The number of aromatic nitrogens is 1. The standard InChI is InChI=1S/C26H22N2O4/c1-30-25(29)12-17-15-31-24-13-18(7-8-19(17)24)32-23-10-9-20-21(23)5-2-6-22(20)26-16(14-27)4-3-11-28-26/h2-8,11,13,17,23H,9-10,12,15H2,1H3. The summed E-state index contributed by atoms with van der Waals surface area (Å²) >= 11 is 0. The Kier molecular flexibility index (Phi) is 5.24. The molecule has 1 aliphatic heterocycles. The molecule has 2 aliphatic rings. The number of rotatable bonds is 5. The lowest BCUT2D eigenvalue weighted by molar-refractivity contribution is -0.141. The zero-order valence-corrected chi connectivity index (χ0v) is 17.7. The largest absolute Gasteiger partial charge is 0.492 e. The number of hydrogen-bond donors (Lipinski definition) is 0. The third-order valence-electron chi connectivity index (χ3n) is 6.18. The zero-order chi connectivity index (χ0) is 22.1. The van der Waals surface area contributed by atoms with Gasteiger partial charge in [0.05, 0.1) is 31.4 Å². The fourth-order valence-electron chi connectivity index (χ4n) is 4.62. The predicted molar refractivity (Wildman–Crippen MR) is 117 cm³/mol. The van der Waals surface area contributed by atoms with E-state index in [4.69, 9.17) is 14.2 Å². The molecule has 2 atom stereocenters. The van der Waals surface area contributed by atoms with Gasteiger partial charge >= 0.3 is 5.97 Å². The molecule has 0 fully saturated rings. The van der Waals surface area contributed by atoms with Crippen molar-refractivity contribution in [3.8, 4) is 28.8 Å². The van der Waals surface area contributed by atoms with Crippen molar-refractivity contribution in [1.82, 2.24) is 4.98 Å². The molecule has 0 radical (unpaired) electrons. The highest BCUT2D eigenvalue weighted by atomic mass is 16.5. The van der Waals surface area contributed by atoms with Gasteiger partial charge < -0.3 is 14.2 Å². The van der Waals surface area contributed by atoms with Crippen LogP contribution in [0.15, 0.2) is 54.7 Å². The van der Waals surface area contributed by atoms with Gasteiger partial charge in [-0.15, -0.1) is 0 Å². The van der Waals surface area contributed by atoms with Crippen molar-refractivity contribution >= 4 is 5.97 Å². The molecule has 5 rings (SSSR count). The number of methoxy groups -OCH3 is 1. The number of ether oxygens (including phenoxy) is 3. The van der Waals surface area contributed by atoms with Gasteiger partial charge in [-0.25, -0.2) is 0 Å². The molecule has 160 valence electrons. The number of carbonyl (C=O) groups excluding carboxylic acids is 1. The Balaban J connectivity index is 1.39. The molecule has 1 aliphatic carbocycles. The number of fused-ring (bicyclic) bond motifs is 2. The fourth-order valence-corrected chi connectivity index (χ4v) is 4.62. The van der Waals surface area contributed by atoms with E-state index >= 15 is 0 Å². The minimum atomic E-state index is -0.238. The maximum atomic E-state index is 11.6. The summed E-state index contributed by atoms with van der Waals surface area (Å²) in [5.74, 6) is 1.27. The fraction of sp³-hybridized carbons (Fsp3) is 0.269. The Labute approximate surface area is 186 Å². The molecule has 32 heavy (non-hydrogen) atoms. The van der Waals surface area contributed by atoms with Gasteiger partial charge in [0.25, 0.3) is 0 Å². The van der Waals surface area contributed by atoms with E-state index in [2.05, 4.69) is 17.1 Å². The summed E-state index contributed by atoms with van der Waals surface area (Å²) in [6.07, 6.45) is 3.66. The SMILES string of the molecule is COC(=O)CC1COc2cc(OC3CCc4c(-c5ncccc5C#N)cccc43)ccc21. The lowest BCUT2D eigenvalue weighted by Gasteiger charge is -2.16. The summed E-state index contributed by atoms with van der Waals surface area (Å²) in [7, 11) is 1.40. The summed E-state index contributed by atoms with van der Waals surface area (Å²) in [6.45, 7) is 0.467. The van der Waals surface area contributed by atoms with E-state index < -0.39 is 0 Å². The highest BCUT2D eigenvalue weighted by Gasteiger charge is 2.30. The number of nitriles is 1. The van der Waals surface area contributed by atoms with Gasteiger partial charge in [0.1, 0.15) is 23.7 Å². The topological polar surface area (TPSA) is 81.4 Å². The number of carbonyl (C=O) groups is 1. The first-order chi connectivity index (χ1) is 15.7. The van der Waals surface area contributed by atoms with Crippen molar-refractivity contribution in [2.24, 2.45) is 0 Å². The molecular weight excluding hydrogens is 404 g/mol. The van der Waals surface area contributed by atoms with Crippen LogP contribution < -0.4 is 9.47 Å². The molecule has 2 heterocycles. The van der Waals surface area contributed by atoms with Crippen LogP contribution in [0.2, 0.25) is 0 Å². The molecule has 6 nitrogen and oxygen atoms in total. The van der Waals surface area contributed by atoms with Gasteiger partial charge in [-0.1, -0.05) is 24.3 Å². The van der Waals surface area contributed by atoms with Crippen molar-refractivity contribution < 1.29 is 19.0 Å². The molecule has 6 heteroatoms. The lowest BCUT2D eigenvalue weighted by atomic mass is 9.97. The van der Waals surface area contributed by atoms with Crippen LogP contribution >= 0.6 is 0 Å². The number of hydrogen-bond acceptors (Lipinski definition) is 6. The Morgan fingerprint density at radius 1 is 1.22 bits per heavy atom. The predicted octanol–water partition coefficient (Wildman–Crippen LogP) is 4.73. The molecule has 2 aromatic carbocycles. The molecule has 1 aromatic heterocycles. The van der Waals surface area contributed by atoms with Gasteiger partial charge in [-0.05, 0) is 42.2 Å². The molecule has 0 saturated carbocycles. The van der Waals surface area contributed by atoms with E-state index in [1.165, 1.54) is 12.7 Å². The monoisotopic (exact) mass is 426 g/mol. The van der Waals surface area contributed by atoms with Crippen LogP contribution in [0.1, 0.15) is 47.1 Å². The Hall–Kier alpha value is -3.85. The van der Waals surface area contributed by atoms with E-state index in [0.29, 0.717) is 18.6 Å². The first-order valence-electron chi connectivity index (χ1n) is 10.7. The third-order valence-corrected chi connectivity index (χ3v) is 6.18. The van der Waals surface area contributed by atoms with E-state index in [1.807, 2.05) is 30.3 Å². The van der Waals surface area contributed by atoms with Gasteiger partial charge in [0.2, 0.25) is 0 Å². The summed E-state index contributed by atoms with van der Waals surface area (Å²) in [5.41, 5.74) is 5.60. The average molecular weight is 426 g/mol. The Morgan fingerprint density at radius 2 is 2.12 bits per heavy atom. The number of pyridine rings is 1. The Bertz CT molecular complexity index is 1230. The van der Waals surface area contributed by atoms with E-state index in [1.54, 1.807) is 18.3 Å². The minimum absolute atomic E-state index is 0.00830. The molecular formula is C26H22N2O4. The van der Waals surface area contributed by atoms with E-state index in [-0.39, 0.29) is 18.0 Å². The first kappa shape index (κ1) is 20.1. The maximum absolute atomic E-state index is 11.6. The van der Waals surface area contributed by atoms with Crippen LogP contribution in [0.4, 0.5) is 0 Å². The van der Waals surface area contributed by atoms with Crippen molar-refractivity contribution in [2.75, 3.05) is 13.7 Å². The highest BCUT2D eigenvalue weighted by molar-refractivity contribution is 5.72. The molecule has 3 aromatic rings. The number of benzene rings is 2. The van der Waals surface area contributed by atoms with Crippen molar-refractivity contribution in [2.45, 2.75) is 31.3 Å². The summed E-state index contributed by atoms with van der Waals surface area (Å²) in [4.78, 5) is 16.1. The average Bonchev–Trinajstić information content (AvgIpc) is 3.43. The quantitative estimate of drug-likeness (QED) is 0.549.